The fourth-order valence-electron chi connectivity index (χ4n) is 3.08. The van der Waals surface area contributed by atoms with Gasteiger partial charge in [0.15, 0.2) is 0 Å². The van der Waals surface area contributed by atoms with Gasteiger partial charge in [-0.2, -0.15) is 15.0 Å². The van der Waals surface area contributed by atoms with Gasteiger partial charge in [0.1, 0.15) is 5.82 Å². The van der Waals surface area contributed by atoms with Gasteiger partial charge < -0.3 is 15.0 Å². The minimum absolute atomic E-state index is 0.111. The molecule has 0 bridgehead atoms. The third kappa shape index (κ3) is 4.89. The van der Waals surface area contributed by atoms with Gasteiger partial charge in [-0.3, -0.25) is 4.98 Å². The lowest BCUT2D eigenvalue weighted by molar-refractivity contribution is 0.109. The lowest BCUT2D eigenvalue weighted by Gasteiger charge is -2.03. The van der Waals surface area contributed by atoms with Crippen molar-refractivity contribution in [2.45, 2.75) is 25.9 Å². The molecule has 31 heavy (non-hydrogen) atoms. The van der Waals surface area contributed by atoms with Gasteiger partial charge in [-0.1, -0.05) is 35.5 Å². The van der Waals surface area contributed by atoms with Crippen LogP contribution in [0.5, 0.6) is 0 Å². The second-order valence-electron chi connectivity index (χ2n) is 7.52. The van der Waals surface area contributed by atoms with Crippen LogP contribution in [0.4, 0.5) is 5.95 Å². The van der Waals surface area contributed by atoms with Crippen molar-refractivity contribution in [2.75, 3.05) is 12.3 Å². The van der Waals surface area contributed by atoms with Gasteiger partial charge in [-0.05, 0) is 36.5 Å². The highest BCUT2D eigenvalue weighted by molar-refractivity contribution is 5.55. The predicted octanol–water partition coefficient (Wildman–Crippen LogP) is 3.08. The van der Waals surface area contributed by atoms with Gasteiger partial charge >= 0.3 is 0 Å². The normalized spacial score (nSPS) is 13.4. The molecule has 0 unspecified atom stereocenters. The van der Waals surface area contributed by atoms with Crippen LogP contribution < -0.4 is 5.73 Å². The summed E-state index contributed by atoms with van der Waals surface area (Å²) >= 11 is 0. The van der Waals surface area contributed by atoms with E-state index in [4.69, 9.17) is 15.0 Å². The molecule has 5 rings (SSSR count). The number of anilines is 1. The van der Waals surface area contributed by atoms with Gasteiger partial charge in [-0.25, -0.2) is 4.98 Å². The van der Waals surface area contributed by atoms with Crippen molar-refractivity contribution >= 4 is 5.95 Å². The number of hydrogen-bond acceptors (Lipinski definition) is 9. The van der Waals surface area contributed by atoms with Crippen LogP contribution in [0, 0.1) is 5.92 Å². The molecule has 0 radical (unpaired) electrons. The van der Waals surface area contributed by atoms with Crippen LogP contribution in [0.1, 0.15) is 29.9 Å². The first-order chi connectivity index (χ1) is 15.2. The maximum absolute atomic E-state index is 5.88. The van der Waals surface area contributed by atoms with E-state index in [9.17, 15) is 0 Å². The first-order valence-corrected chi connectivity index (χ1v) is 10.1. The molecular formula is C22H21N7O2. The van der Waals surface area contributed by atoms with E-state index in [1.807, 2.05) is 42.5 Å². The Morgan fingerprint density at radius 1 is 0.968 bits per heavy atom. The molecule has 2 N–H and O–H groups in total. The Labute approximate surface area is 178 Å². The molecule has 0 amide bonds. The zero-order chi connectivity index (χ0) is 21.0. The average molecular weight is 415 g/mol. The number of nitrogens with two attached hydrogens (primary N) is 1. The third-order valence-corrected chi connectivity index (χ3v) is 4.90. The fraction of sp³-hybridized carbons (Fsp3) is 0.273. The highest BCUT2D eigenvalue weighted by Gasteiger charge is 2.21. The van der Waals surface area contributed by atoms with Crippen LogP contribution in [0.3, 0.4) is 0 Å². The van der Waals surface area contributed by atoms with Crippen molar-refractivity contribution < 1.29 is 9.26 Å². The number of hydrogen-bond donors (Lipinski definition) is 1. The highest BCUT2D eigenvalue weighted by Crippen LogP contribution is 2.29. The Bertz CT molecular complexity index is 1160. The summed E-state index contributed by atoms with van der Waals surface area (Å²) in [6.45, 7) is 1.30. The molecule has 4 aromatic rings. The SMILES string of the molecule is Nc1nc(Cc2ccccc2)nc(-c2noc(-c3ccc(COCC4CC4)nc3)n2)n1. The molecule has 9 nitrogen and oxygen atoms in total. The van der Waals surface area contributed by atoms with E-state index >= 15 is 0 Å². The molecular weight excluding hydrogens is 394 g/mol. The molecule has 156 valence electrons. The Morgan fingerprint density at radius 3 is 2.61 bits per heavy atom. The predicted molar refractivity (Wildman–Crippen MR) is 112 cm³/mol. The quantitative estimate of drug-likeness (QED) is 0.462. The number of nitrogen functional groups attached to an aromatic ring is 1. The highest BCUT2D eigenvalue weighted by atomic mass is 16.5. The smallest absolute Gasteiger partial charge is 0.259 e. The zero-order valence-electron chi connectivity index (χ0n) is 16.8. The third-order valence-electron chi connectivity index (χ3n) is 4.90. The van der Waals surface area contributed by atoms with Crippen molar-refractivity contribution in [1.29, 1.82) is 0 Å². The minimum atomic E-state index is 0.111. The van der Waals surface area contributed by atoms with Crippen molar-refractivity contribution in [3.8, 4) is 23.1 Å². The largest absolute Gasteiger partial charge is 0.375 e. The molecule has 1 aliphatic rings. The van der Waals surface area contributed by atoms with Crippen molar-refractivity contribution in [2.24, 2.45) is 5.92 Å². The number of nitrogens with zero attached hydrogens (tertiary/aromatic N) is 6. The second kappa shape index (κ2) is 8.57. The molecule has 0 aliphatic heterocycles. The Kier molecular flexibility index (Phi) is 5.32. The van der Waals surface area contributed by atoms with Gasteiger partial charge in [0.05, 0.1) is 17.9 Å². The molecule has 9 heteroatoms. The van der Waals surface area contributed by atoms with Crippen molar-refractivity contribution in [1.82, 2.24) is 30.1 Å². The summed E-state index contributed by atoms with van der Waals surface area (Å²) < 4.78 is 11.1. The Hall–Kier alpha value is -3.72. The summed E-state index contributed by atoms with van der Waals surface area (Å²) in [4.78, 5) is 21.6. The number of pyridine rings is 1. The van der Waals surface area contributed by atoms with E-state index in [0.29, 0.717) is 30.3 Å². The fourth-order valence-corrected chi connectivity index (χ4v) is 3.08. The van der Waals surface area contributed by atoms with E-state index in [2.05, 4.69) is 30.1 Å². The van der Waals surface area contributed by atoms with Crippen LogP contribution in [0.2, 0.25) is 0 Å². The monoisotopic (exact) mass is 415 g/mol. The van der Waals surface area contributed by atoms with Gasteiger partial charge in [0, 0.05) is 19.2 Å². The zero-order valence-corrected chi connectivity index (χ0v) is 16.8. The standard InChI is InChI=1S/C22H21N7O2/c23-22-26-18(10-14-4-2-1-3-5-14)25-19(28-22)20-27-21(31-29-20)16-8-9-17(24-11-16)13-30-12-15-6-7-15/h1-5,8-9,11,15H,6-7,10,12-13H2,(H2,23,25,26,28). The van der Waals surface area contributed by atoms with Gasteiger partial charge in [0.25, 0.3) is 5.89 Å². The van der Waals surface area contributed by atoms with E-state index < -0.39 is 0 Å². The maximum Gasteiger partial charge on any atom is 0.259 e. The molecule has 1 aliphatic carbocycles. The second-order valence-corrected chi connectivity index (χ2v) is 7.52. The molecule has 0 atom stereocenters. The number of benzene rings is 1. The molecule has 0 saturated heterocycles. The summed E-state index contributed by atoms with van der Waals surface area (Å²) in [6.07, 6.45) is 4.76. The topological polar surface area (TPSA) is 126 Å². The molecule has 1 aromatic carbocycles. The molecule has 3 aromatic heterocycles. The minimum Gasteiger partial charge on any atom is -0.375 e. The van der Waals surface area contributed by atoms with Crippen LogP contribution in [-0.2, 0) is 17.8 Å². The van der Waals surface area contributed by atoms with Gasteiger partial charge in [-0.15, -0.1) is 0 Å². The number of ether oxygens (including phenoxy) is 1. The van der Waals surface area contributed by atoms with E-state index in [1.54, 1.807) is 6.20 Å². The summed E-state index contributed by atoms with van der Waals surface area (Å²) in [6, 6.07) is 13.7. The molecule has 1 fully saturated rings. The summed E-state index contributed by atoms with van der Waals surface area (Å²) in [7, 11) is 0. The maximum atomic E-state index is 5.88. The lowest BCUT2D eigenvalue weighted by atomic mass is 10.1. The average Bonchev–Trinajstić information content (AvgIpc) is 3.47. The van der Waals surface area contributed by atoms with E-state index in [1.165, 1.54) is 12.8 Å². The number of rotatable bonds is 8. The number of aromatic nitrogens is 6. The van der Waals surface area contributed by atoms with Crippen LogP contribution in [0.25, 0.3) is 23.1 Å². The Balaban J connectivity index is 1.30. The van der Waals surface area contributed by atoms with Gasteiger partial charge in [0.2, 0.25) is 17.6 Å². The van der Waals surface area contributed by atoms with Crippen molar-refractivity contribution in [3.05, 3.63) is 65.7 Å². The molecule has 1 saturated carbocycles. The first kappa shape index (κ1) is 19.3. The summed E-state index contributed by atoms with van der Waals surface area (Å²) in [5.41, 5.74) is 8.51. The molecule has 0 spiro atoms. The van der Waals surface area contributed by atoms with Crippen molar-refractivity contribution in [3.63, 3.8) is 0 Å². The van der Waals surface area contributed by atoms with Crippen LogP contribution >= 0.6 is 0 Å². The van der Waals surface area contributed by atoms with E-state index in [0.717, 1.165) is 23.8 Å². The summed E-state index contributed by atoms with van der Waals surface area (Å²) in [5, 5.41) is 4.00. The van der Waals surface area contributed by atoms with Crippen LogP contribution in [-0.4, -0.2) is 36.7 Å². The van der Waals surface area contributed by atoms with E-state index in [-0.39, 0.29) is 17.6 Å². The lowest BCUT2D eigenvalue weighted by Crippen LogP contribution is -2.06. The van der Waals surface area contributed by atoms with Crippen LogP contribution in [0.15, 0.2) is 53.2 Å². The first-order valence-electron chi connectivity index (χ1n) is 10.1. The summed E-state index contributed by atoms with van der Waals surface area (Å²) in [5.74, 6) is 2.23. The Morgan fingerprint density at radius 2 is 1.84 bits per heavy atom. The molecule has 3 heterocycles.